The van der Waals surface area contributed by atoms with E-state index in [4.69, 9.17) is 11.6 Å². The molecule has 0 spiro atoms. The SMILES string of the molecule is Cc1csc(CCl)c1S(=O)(=O)N1CCN(C)CC1C. The first-order valence-electron chi connectivity index (χ1n) is 6.21. The summed E-state index contributed by atoms with van der Waals surface area (Å²) < 4.78 is 27.3. The zero-order valence-corrected chi connectivity index (χ0v) is 13.8. The quantitative estimate of drug-likeness (QED) is 0.800. The topological polar surface area (TPSA) is 40.6 Å². The van der Waals surface area contributed by atoms with Crippen molar-refractivity contribution in [3.05, 3.63) is 15.8 Å². The molecule has 0 aliphatic carbocycles. The van der Waals surface area contributed by atoms with Gasteiger partial charge in [-0.1, -0.05) is 0 Å². The van der Waals surface area contributed by atoms with Gasteiger partial charge in [-0.3, -0.25) is 0 Å². The number of piperazine rings is 1. The van der Waals surface area contributed by atoms with Crippen LogP contribution in [0.4, 0.5) is 0 Å². The third kappa shape index (κ3) is 2.83. The van der Waals surface area contributed by atoms with Crippen LogP contribution in [0.5, 0.6) is 0 Å². The highest BCUT2D eigenvalue weighted by molar-refractivity contribution is 7.89. The Morgan fingerprint density at radius 2 is 2.16 bits per heavy atom. The number of thiophene rings is 1. The summed E-state index contributed by atoms with van der Waals surface area (Å²) in [5.41, 5.74) is 0.798. The van der Waals surface area contributed by atoms with E-state index in [1.54, 1.807) is 4.31 Å². The van der Waals surface area contributed by atoms with Crippen LogP contribution < -0.4 is 0 Å². The first-order valence-corrected chi connectivity index (χ1v) is 9.06. The lowest BCUT2D eigenvalue weighted by Gasteiger charge is -2.37. The van der Waals surface area contributed by atoms with E-state index in [1.807, 2.05) is 26.3 Å². The molecule has 1 saturated heterocycles. The van der Waals surface area contributed by atoms with Gasteiger partial charge in [-0.15, -0.1) is 22.9 Å². The fraction of sp³-hybridized carbons (Fsp3) is 0.667. The summed E-state index contributed by atoms with van der Waals surface area (Å²) in [6, 6.07) is -0.00812. The van der Waals surface area contributed by atoms with E-state index < -0.39 is 10.0 Å². The van der Waals surface area contributed by atoms with Crippen molar-refractivity contribution in [2.45, 2.75) is 30.7 Å². The highest BCUT2D eigenvalue weighted by Crippen LogP contribution is 2.32. The minimum absolute atomic E-state index is 0.00812. The molecule has 1 aromatic heterocycles. The molecule has 2 rings (SSSR count). The summed E-state index contributed by atoms with van der Waals surface area (Å²) >= 11 is 7.29. The Kier molecular flexibility index (Phi) is 4.57. The van der Waals surface area contributed by atoms with E-state index in [-0.39, 0.29) is 11.9 Å². The minimum Gasteiger partial charge on any atom is -0.303 e. The van der Waals surface area contributed by atoms with E-state index >= 15 is 0 Å². The van der Waals surface area contributed by atoms with E-state index in [9.17, 15) is 8.42 Å². The van der Waals surface area contributed by atoms with E-state index in [1.165, 1.54) is 11.3 Å². The van der Waals surface area contributed by atoms with Crippen molar-refractivity contribution in [2.24, 2.45) is 0 Å². The lowest BCUT2D eigenvalue weighted by molar-refractivity contribution is 0.170. The van der Waals surface area contributed by atoms with Crippen molar-refractivity contribution >= 4 is 33.0 Å². The maximum absolute atomic E-state index is 12.8. The van der Waals surface area contributed by atoms with Gasteiger partial charge in [0.25, 0.3) is 0 Å². The predicted octanol–water partition coefficient (Wildman–Crippen LogP) is 2.12. The number of halogens is 1. The molecule has 1 unspecified atom stereocenters. The fourth-order valence-electron chi connectivity index (χ4n) is 2.52. The Bertz CT molecular complexity index is 556. The van der Waals surface area contributed by atoms with Crippen LogP contribution in [0.1, 0.15) is 17.4 Å². The molecule has 1 aliphatic heterocycles. The van der Waals surface area contributed by atoms with Gasteiger partial charge in [0.15, 0.2) is 0 Å². The van der Waals surface area contributed by atoms with Crippen LogP contribution >= 0.6 is 22.9 Å². The zero-order chi connectivity index (χ0) is 14.2. The molecular formula is C12H19ClN2O2S2. The Hall–Kier alpha value is -0.140. The van der Waals surface area contributed by atoms with Gasteiger partial charge in [-0.2, -0.15) is 4.31 Å². The van der Waals surface area contributed by atoms with Gasteiger partial charge in [0.2, 0.25) is 10.0 Å². The smallest absolute Gasteiger partial charge is 0.244 e. The number of nitrogens with zero attached hydrogens (tertiary/aromatic N) is 2. The predicted molar refractivity (Wildman–Crippen MR) is 79.5 cm³/mol. The molecule has 0 aromatic carbocycles. The van der Waals surface area contributed by atoms with Crippen molar-refractivity contribution in [1.29, 1.82) is 0 Å². The highest BCUT2D eigenvalue weighted by Gasteiger charge is 2.35. The molecule has 1 aliphatic rings. The Labute approximate surface area is 124 Å². The standard InChI is InChI=1S/C12H19ClN2O2S2/c1-9-8-18-11(6-13)12(9)19(16,17)15-5-4-14(3)7-10(15)2/h8,10H,4-7H2,1-3H3. The van der Waals surface area contributed by atoms with Crippen LogP contribution in [0.2, 0.25) is 0 Å². The summed E-state index contributed by atoms with van der Waals surface area (Å²) in [7, 11) is -1.42. The first-order chi connectivity index (χ1) is 8.87. The zero-order valence-electron chi connectivity index (χ0n) is 11.4. The Morgan fingerprint density at radius 3 is 2.74 bits per heavy atom. The van der Waals surface area contributed by atoms with E-state index in [2.05, 4.69) is 4.90 Å². The van der Waals surface area contributed by atoms with Crippen molar-refractivity contribution in [1.82, 2.24) is 9.21 Å². The van der Waals surface area contributed by atoms with E-state index in [0.29, 0.717) is 11.4 Å². The summed E-state index contributed by atoms with van der Waals surface area (Å²) in [5.74, 6) is 0.245. The van der Waals surface area contributed by atoms with Crippen LogP contribution in [0.15, 0.2) is 10.3 Å². The van der Waals surface area contributed by atoms with Crippen molar-refractivity contribution in [3.8, 4) is 0 Å². The minimum atomic E-state index is -3.43. The number of alkyl halides is 1. The highest BCUT2D eigenvalue weighted by atomic mass is 35.5. The number of hydrogen-bond acceptors (Lipinski definition) is 4. The molecule has 0 radical (unpaired) electrons. The molecule has 19 heavy (non-hydrogen) atoms. The Morgan fingerprint density at radius 1 is 1.47 bits per heavy atom. The molecular weight excluding hydrogens is 304 g/mol. The van der Waals surface area contributed by atoms with Crippen molar-refractivity contribution < 1.29 is 8.42 Å². The summed E-state index contributed by atoms with van der Waals surface area (Å²) in [6.07, 6.45) is 0. The van der Waals surface area contributed by atoms with Crippen LogP contribution in [0.25, 0.3) is 0 Å². The van der Waals surface area contributed by atoms with Crippen LogP contribution in [0.3, 0.4) is 0 Å². The van der Waals surface area contributed by atoms with Gasteiger partial charge < -0.3 is 4.90 Å². The molecule has 1 aromatic rings. The second kappa shape index (κ2) is 5.69. The summed E-state index contributed by atoms with van der Waals surface area (Å²) in [6.45, 7) is 5.86. The molecule has 7 heteroatoms. The fourth-order valence-corrected chi connectivity index (χ4v) is 6.15. The molecule has 2 heterocycles. The molecule has 0 N–H and O–H groups in total. The van der Waals surface area contributed by atoms with Crippen LogP contribution in [-0.4, -0.2) is 50.3 Å². The lowest BCUT2D eigenvalue weighted by atomic mass is 10.2. The molecule has 108 valence electrons. The maximum atomic E-state index is 12.8. The van der Waals surface area contributed by atoms with Gasteiger partial charge in [0.05, 0.1) is 5.88 Å². The van der Waals surface area contributed by atoms with Crippen molar-refractivity contribution in [3.63, 3.8) is 0 Å². The lowest BCUT2D eigenvalue weighted by Crippen LogP contribution is -2.52. The molecule has 1 fully saturated rings. The number of aryl methyl sites for hydroxylation is 1. The van der Waals surface area contributed by atoms with Gasteiger partial charge in [0.1, 0.15) is 4.90 Å². The second-order valence-electron chi connectivity index (χ2n) is 5.03. The van der Waals surface area contributed by atoms with Crippen molar-refractivity contribution in [2.75, 3.05) is 26.7 Å². The summed E-state index contributed by atoms with van der Waals surface area (Å²) in [4.78, 5) is 3.31. The van der Waals surface area contributed by atoms with Gasteiger partial charge in [-0.05, 0) is 31.8 Å². The monoisotopic (exact) mass is 322 g/mol. The summed E-state index contributed by atoms with van der Waals surface area (Å²) in [5, 5.41) is 1.87. The normalized spacial score (nSPS) is 22.8. The molecule has 0 amide bonds. The average Bonchev–Trinajstić information content (AvgIpc) is 2.70. The maximum Gasteiger partial charge on any atom is 0.244 e. The van der Waals surface area contributed by atoms with Gasteiger partial charge in [0, 0.05) is 30.6 Å². The number of sulfonamides is 1. The molecule has 0 bridgehead atoms. The number of rotatable bonds is 3. The van der Waals surface area contributed by atoms with Crippen LogP contribution in [-0.2, 0) is 15.9 Å². The third-order valence-electron chi connectivity index (χ3n) is 3.45. The largest absolute Gasteiger partial charge is 0.303 e. The Balaban J connectivity index is 2.39. The first kappa shape index (κ1) is 15.3. The van der Waals surface area contributed by atoms with Crippen LogP contribution in [0, 0.1) is 6.92 Å². The van der Waals surface area contributed by atoms with E-state index in [0.717, 1.165) is 23.5 Å². The van der Waals surface area contributed by atoms with Gasteiger partial charge in [-0.25, -0.2) is 8.42 Å². The second-order valence-corrected chi connectivity index (χ2v) is 8.09. The van der Waals surface area contributed by atoms with Gasteiger partial charge >= 0.3 is 0 Å². The average molecular weight is 323 g/mol. The third-order valence-corrected chi connectivity index (χ3v) is 7.35. The molecule has 4 nitrogen and oxygen atoms in total. The number of hydrogen-bond donors (Lipinski definition) is 0. The number of likely N-dealkylation sites (N-methyl/N-ethyl adjacent to an activating group) is 1. The molecule has 1 atom stereocenters. The molecule has 0 saturated carbocycles.